The van der Waals surface area contributed by atoms with Crippen LogP contribution in [-0.2, 0) is 0 Å². The molecule has 2 aliphatic heterocycles. The van der Waals surface area contributed by atoms with E-state index in [9.17, 15) is 9.59 Å². The number of benzene rings is 1. The number of carbonyl (C=O) groups excluding carboxylic acids is 2. The van der Waals surface area contributed by atoms with Crippen LogP contribution in [0.1, 0.15) is 28.4 Å². The zero-order chi connectivity index (χ0) is 24.4. The van der Waals surface area contributed by atoms with Crippen molar-refractivity contribution in [3.63, 3.8) is 0 Å². The molecule has 1 fully saturated rings. The average Bonchev–Trinajstić information content (AvgIpc) is 3.59. The van der Waals surface area contributed by atoms with Gasteiger partial charge in [0.05, 0.1) is 24.4 Å². The van der Waals surface area contributed by atoms with Gasteiger partial charge >= 0.3 is 6.03 Å². The Morgan fingerprint density at radius 2 is 1.97 bits per heavy atom. The van der Waals surface area contributed by atoms with Gasteiger partial charge < -0.3 is 15.5 Å². The smallest absolute Gasteiger partial charge is 0.341 e. The Hall–Kier alpha value is -4.79. The second-order valence-corrected chi connectivity index (χ2v) is 8.11. The van der Waals surface area contributed by atoms with Crippen LogP contribution in [0, 0.1) is 6.57 Å². The van der Waals surface area contributed by atoms with Crippen LogP contribution in [0.4, 0.5) is 16.4 Å². The van der Waals surface area contributed by atoms with Crippen molar-refractivity contribution in [1.82, 2.24) is 29.7 Å². The molecule has 2 N–H and O–H groups in total. The molecule has 1 saturated heterocycles. The number of carbonyl (C=O) groups is 2. The van der Waals surface area contributed by atoms with Crippen molar-refractivity contribution < 1.29 is 9.59 Å². The maximum absolute atomic E-state index is 13.3. The Bertz CT molecular complexity index is 1340. The van der Waals surface area contributed by atoms with E-state index in [1.54, 1.807) is 35.5 Å². The van der Waals surface area contributed by atoms with E-state index in [-0.39, 0.29) is 12.1 Å². The molecule has 2 aliphatic rings. The van der Waals surface area contributed by atoms with E-state index in [0.29, 0.717) is 55.6 Å². The van der Waals surface area contributed by atoms with Crippen LogP contribution in [0.5, 0.6) is 0 Å². The normalized spacial score (nSPS) is 17.5. The fourth-order valence-corrected chi connectivity index (χ4v) is 4.11. The van der Waals surface area contributed by atoms with Gasteiger partial charge in [-0.05, 0) is 5.56 Å². The molecule has 2 aromatic heterocycles. The second-order valence-electron chi connectivity index (χ2n) is 8.11. The van der Waals surface area contributed by atoms with Crippen molar-refractivity contribution in [1.29, 1.82) is 0 Å². The maximum atomic E-state index is 13.3. The molecular formula is C23H22N10O2. The Balaban J connectivity index is 1.25. The van der Waals surface area contributed by atoms with Gasteiger partial charge in [0.25, 0.3) is 5.91 Å². The van der Waals surface area contributed by atoms with E-state index >= 15 is 0 Å². The number of primary amides is 1. The lowest BCUT2D eigenvalue weighted by Crippen LogP contribution is -2.52. The highest BCUT2D eigenvalue weighted by molar-refractivity contribution is 5.92. The number of aromatic nitrogens is 4. The molecule has 0 radical (unpaired) electrons. The lowest BCUT2D eigenvalue weighted by Gasteiger charge is -2.37. The summed E-state index contributed by atoms with van der Waals surface area (Å²) in [6.07, 6.45) is 6.88. The van der Waals surface area contributed by atoms with Gasteiger partial charge in [0.2, 0.25) is 5.95 Å². The average molecular weight is 470 g/mol. The summed E-state index contributed by atoms with van der Waals surface area (Å²) in [7, 11) is 0. The van der Waals surface area contributed by atoms with E-state index in [4.69, 9.17) is 12.3 Å². The SMILES string of the molecule is [C-]#[N+]c1cccc([C@@H]2CC=NN2C(=O)N2CCN(c3nccc(-n4cc(C(N)=O)cn4)n3)CC2)c1. The number of piperazine rings is 1. The molecule has 1 aromatic carbocycles. The minimum Gasteiger partial charge on any atom is -0.366 e. The number of rotatable bonds is 4. The Labute approximate surface area is 201 Å². The number of hydrazone groups is 1. The van der Waals surface area contributed by atoms with Crippen molar-refractivity contribution in [2.45, 2.75) is 12.5 Å². The van der Waals surface area contributed by atoms with E-state index in [0.717, 1.165) is 5.56 Å². The summed E-state index contributed by atoms with van der Waals surface area (Å²) in [5, 5.41) is 9.96. The van der Waals surface area contributed by atoms with Crippen LogP contribution in [0.2, 0.25) is 0 Å². The minimum atomic E-state index is -0.560. The predicted molar refractivity (Wildman–Crippen MR) is 127 cm³/mol. The number of urea groups is 1. The molecular weight excluding hydrogens is 448 g/mol. The van der Waals surface area contributed by atoms with E-state index in [1.807, 2.05) is 17.0 Å². The van der Waals surface area contributed by atoms with Crippen LogP contribution in [0.3, 0.4) is 0 Å². The van der Waals surface area contributed by atoms with Crippen LogP contribution in [-0.4, -0.2) is 74.0 Å². The van der Waals surface area contributed by atoms with E-state index in [2.05, 4.69) is 25.0 Å². The molecule has 0 spiro atoms. The number of nitrogens with zero attached hydrogens (tertiary/aromatic N) is 9. The lowest BCUT2D eigenvalue weighted by atomic mass is 10.0. The Morgan fingerprint density at radius 1 is 1.14 bits per heavy atom. The third-order valence-electron chi connectivity index (χ3n) is 5.97. The number of hydrogen-bond donors (Lipinski definition) is 1. The first-order valence-corrected chi connectivity index (χ1v) is 11.0. The second kappa shape index (κ2) is 9.22. The van der Waals surface area contributed by atoms with Gasteiger partial charge in [-0.3, -0.25) is 4.79 Å². The molecule has 1 atom stereocenters. The van der Waals surface area contributed by atoms with Crippen LogP contribution < -0.4 is 10.6 Å². The van der Waals surface area contributed by atoms with E-state index in [1.165, 1.54) is 22.1 Å². The number of nitrogens with two attached hydrogens (primary N) is 1. The fraction of sp³-hybridized carbons (Fsp3) is 0.261. The largest absolute Gasteiger partial charge is 0.366 e. The number of hydrogen-bond acceptors (Lipinski definition) is 7. The molecule has 4 heterocycles. The first kappa shape index (κ1) is 22.0. The van der Waals surface area contributed by atoms with Crippen LogP contribution >= 0.6 is 0 Å². The van der Waals surface area contributed by atoms with Gasteiger partial charge in [0, 0.05) is 57.3 Å². The maximum Gasteiger partial charge on any atom is 0.341 e. The zero-order valence-electron chi connectivity index (χ0n) is 18.7. The minimum absolute atomic E-state index is 0.165. The summed E-state index contributed by atoms with van der Waals surface area (Å²) < 4.78 is 1.47. The molecule has 0 saturated carbocycles. The summed E-state index contributed by atoms with van der Waals surface area (Å²) >= 11 is 0. The van der Waals surface area contributed by atoms with Gasteiger partial charge in [0.1, 0.15) is 0 Å². The standard InChI is InChI=1S/C23H22N10O2/c1-25-18-4-2-3-16(13-18)19-5-8-27-33(19)23(35)31-11-9-30(10-12-31)22-26-7-6-20(29-22)32-15-17(14-28-32)21(24)34/h2-4,6-8,13-15,19H,5,9-12H2,(H2,24,34)/t19-/m0/s1. The van der Waals surface area contributed by atoms with Crippen molar-refractivity contribution in [3.8, 4) is 5.82 Å². The first-order valence-electron chi connectivity index (χ1n) is 11.0. The highest BCUT2D eigenvalue weighted by Crippen LogP contribution is 2.31. The topological polar surface area (TPSA) is 130 Å². The molecule has 176 valence electrons. The first-order chi connectivity index (χ1) is 17.0. The monoisotopic (exact) mass is 470 g/mol. The molecule has 35 heavy (non-hydrogen) atoms. The fourth-order valence-electron chi connectivity index (χ4n) is 4.11. The Morgan fingerprint density at radius 3 is 2.71 bits per heavy atom. The van der Waals surface area contributed by atoms with Crippen molar-refractivity contribution >= 4 is 29.8 Å². The third-order valence-corrected chi connectivity index (χ3v) is 5.97. The summed E-state index contributed by atoms with van der Waals surface area (Å²) in [6, 6.07) is 8.61. The summed E-state index contributed by atoms with van der Waals surface area (Å²) in [4.78, 5) is 40.8. The highest BCUT2D eigenvalue weighted by Gasteiger charge is 2.33. The lowest BCUT2D eigenvalue weighted by molar-refractivity contribution is 0.1000. The molecule has 5 rings (SSSR count). The summed E-state index contributed by atoms with van der Waals surface area (Å²) in [5.74, 6) is 0.464. The van der Waals surface area contributed by atoms with Crippen LogP contribution in [0.15, 0.2) is 54.0 Å². The van der Waals surface area contributed by atoms with Gasteiger partial charge in [-0.15, -0.1) is 0 Å². The van der Waals surface area contributed by atoms with Crippen LogP contribution in [0.25, 0.3) is 10.7 Å². The van der Waals surface area contributed by atoms with Crippen molar-refractivity contribution in [2.75, 3.05) is 31.1 Å². The zero-order valence-corrected chi connectivity index (χ0v) is 18.7. The predicted octanol–water partition coefficient (Wildman–Crippen LogP) is 1.99. The molecule has 12 heteroatoms. The van der Waals surface area contributed by atoms with Gasteiger partial charge in [-0.25, -0.2) is 24.3 Å². The summed E-state index contributed by atoms with van der Waals surface area (Å²) in [5.41, 5.74) is 7.03. The molecule has 0 unspecified atom stereocenters. The van der Waals surface area contributed by atoms with Crippen molar-refractivity contribution in [3.05, 3.63) is 71.5 Å². The van der Waals surface area contributed by atoms with Gasteiger partial charge in [0.15, 0.2) is 11.5 Å². The quantitative estimate of drug-likeness (QED) is 0.581. The number of amides is 3. The molecule has 0 aliphatic carbocycles. The molecule has 3 amide bonds. The van der Waals surface area contributed by atoms with E-state index < -0.39 is 5.91 Å². The molecule has 12 nitrogen and oxygen atoms in total. The number of anilines is 1. The molecule has 0 bridgehead atoms. The molecule has 3 aromatic rings. The van der Waals surface area contributed by atoms with Gasteiger partial charge in [-0.1, -0.05) is 24.3 Å². The third kappa shape index (κ3) is 4.39. The summed E-state index contributed by atoms with van der Waals surface area (Å²) in [6.45, 7) is 9.32. The highest BCUT2D eigenvalue weighted by atomic mass is 16.2. The Kier molecular flexibility index (Phi) is 5.80. The van der Waals surface area contributed by atoms with Crippen molar-refractivity contribution in [2.24, 2.45) is 10.8 Å². The van der Waals surface area contributed by atoms with Gasteiger partial charge in [-0.2, -0.15) is 15.2 Å².